The molecule has 2 atom stereocenters. The normalized spacial score (nSPS) is 17.8. The Hall–Kier alpha value is -2.69. The minimum atomic E-state index is -5.03. The van der Waals surface area contributed by atoms with Gasteiger partial charge in [0.2, 0.25) is 5.91 Å². The van der Waals surface area contributed by atoms with Gasteiger partial charge in [-0.25, -0.2) is 8.78 Å². The van der Waals surface area contributed by atoms with E-state index in [1.165, 1.54) is 26.1 Å². The number of carbonyl (C=O) groups excluding carboxylic acids is 1. The Morgan fingerprint density at radius 2 is 1.54 bits per heavy atom. The molecule has 0 radical (unpaired) electrons. The van der Waals surface area contributed by atoms with Crippen molar-refractivity contribution in [2.24, 2.45) is 0 Å². The molecule has 37 heavy (non-hydrogen) atoms. The van der Waals surface area contributed by atoms with Crippen LogP contribution in [0.5, 0.6) is 0 Å². The van der Waals surface area contributed by atoms with Gasteiger partial charge >= 0.3 is 12.4 Å². The summed E-state index contributed by atoms with van der Waals surface area (Å²) in [6.07, 6.45) is -10.3. The van der Waals surface area contributed by atoms with Gasteiger partial charge in [0.25, 0.3) is 0 Å². The van der Waals surface area contributed by atoms with Crippen LogP contribution in [0.2, 0.25) is 0 Å². The maximum absolute atomic E-state index is 16.2. The summed E-state index contributed by atoms with van der Waals surface area (Å²) in [5.74, 6) is -2.17. The lowest BCUT2D eigenvalue weighted by atomic mass is 9.74. The Balaban J connectivity index is 1.95. The molecule has 204 valence electrons. The molecule has 1 amide bonds. The van der Waals surface area contributed by atoms with Crippen LogP contribution in [0.3, 0.4) is 0 Å². The van der Waals surface area contributed by atoms with Crippen LogP contribution < -0.4 is 5.32 Å². The molecule has 3 nitrogen and oxygen atoms in total. The molecular weight excluding hydrogens is 508 g/mol. The molecule has 11 heteroatoms. The fourth-order valence-electron chi connectivity index (χ4n) is 4.77. The van der Waals surface area contributed by atoms with Gasteiger partial charge in [-0.1, -0.05) is 6.07 Å². The van der Waals surface area contributed by atoms with Crippen LogP contribution in [-0.2, 0) is 17.1 Å². The highest BCUT2D eigenvalue weighted by Crippen LogP contribution is 2.43. The summed E-state index contributed by atoms with van der Waals surface area (Å²) >= 11 is 0. The summed E-state index contributed by atoms with van der Waals surface area (Å²) in [5.41, 5.74) is -4.27. The molecule has 1 saturated heterocycles. The number of nitrogens with zero attached hydrogens (tertiary/aromatic N) is 1. The van der Waals surface area contributed by atoms with E-state index in [1.54, 1.807) is 6.92 Å². The van der Waals surface area contributed by atoms with Crippen LogP contribution in [0, 0.1) is 12.7 Å². The summed E-state index contributed by atoms with van der Waals surface area (Å²) in [6.45, 7) is 3.62. The van der Waals surface area contributed by atoms with Crippen LogP contribution in [0.1, 0.15) is 66.0 Å². The third-order valence-electron chi connectivity index (χ3n) is 7.11. The molecule has 2 aromatic rings. The molecule has 2 unspecified atom stereocenters. The summed E-state index contributed by atoms with van der Waals surface area (Å²) in [5, 5.41) is 3.04. The van der Waals surface area contributed by atoms with Crippen molar-refractivity contribution in [1.29, 1.82) is 0 Å². The molecule has 1 heterocycles. The number of nitrogens with one attached hydrogen (secondary N) is 1. The van der Waals surface area contributed by atoms with E-state index in [0.29, 0.717) is 36.3 Å². The van der Waals surface area contributed by atoms with Gasteiger partial charge in [-0.3, -0.25) is 4.79 Å². The quantitative estimate of drug-likeness (QED) is 0.405. The number of rotatable bonds is 6. The van der Waals surface area contributed by atoms with Gasteiger partial charge < -0.3 is 10.2 Å². The van der Waals surface area contributed by atoms with Crippen molar-refractivity contribution in [3.63, 3.8) is 0 Å². The predicted molar refractivity (Wildman–Crippen MR) is 122 cm³/mol. The second kappa shape index (κ2) is 10.6. The van der Waals surface area contributed by atoms with Crippen molar-refractivity contribution < 1.29 is 39.9 Å². The lowest BCUT2D eigenvalue weighted by molar-refractivity contribution is -0.143. The highest BCUT2D eigenvalue weighted by atomic mass is 19.4. The average Bonchev–Trinajstić information content (AvgIpc) is 2.81. The standard InChI is InChI=1S/C26H28F8N2O/c1-15-10-20(27)4-5-21(15)22(24(28)6-8-35-9-7-24)14-23(37)36(3)16(2)17-11-18(25(29,30)31)13-19(12-17)26(32,33)34/h4-5,10-13,16,22,35H,6-9,14H2,1-3H3. The molecule has 1 fully saturated rings. The van der Waals surface area contributed by atoms with E-state index < -0.39 is 59.3 Å². The van der Waals surface area contributed by atoms with E-state index in [0.717, 1.165) is 11.0 Å². The second-order valence-corrected chi connectivity index (χ2v) is 9.56. The largest absolute Gasteiger partial charge is 0.416 e. The van der Waals surface area contributed by atoms with Crippen molar-refractivity contribution in [3.05, 3.63) is 70.0 Å². The van der Waals surface area contributed by atoms with Gasteiger partial charge in [0.15, 0.2) is 0 Å². The molecule has 1 aliphatic rings. The molecule has 0 bridgehead atoms. The zero-order valence-corrected chi connectivity index (χ0v) is 20.5. The maximum Gasteiger partial charge on any atom is 0.416 e. The Morgan fingerprint density at radius 1 is 1.00 bits per heavy atom. The van der Waals surface area contributed by atoms with Gasteiger partial charge in [-0.2, -0.15) is 26.3 Å². The number of hydrogen-bond acceptors (Lipinski definition) is 2. The molecule has 0 aromatic heterocycles. The van der Waals surface area contributed by atoms with Crippen molar-refractivity contribution in [2.75, 3.05) is 20.1 Å². The van der Waals surface area contributed by atoms with Crippen molar-refractivity contribution in [2.45, 2.75) is 63.1 Å². The first-order chi connectivity index (χ1) is 17.0. The topological polar surface area (TPSA) is 32.3 Å². The molecular formula is C26H28F8N2O. The lowest BCUT2D eigenvalue weighted by Crippen LogP contribution is -2.45. The zero-order valence-electron chi connectivity index (χ0n) is 20.5. The summed E-state index contributed by atoms with van der Waals surface area (Å²) in [4.78, 5) is 14.3. The van der Waals surface area contributed by atoms with Crippen LogP contribution in [0.15, 0.2) is 36.4 Å². The minimum absolute atomic E-state index is 0.0232. The van der Waals surface area contributed by atoms with E-state index in [2.05, 4.69) is 5.32 Å². The van der Waals surface area contributed by atoms with E-state index in [4.69, 9.17) is 0 Å². The predicted octanol–water partition coefficient (Wildman–Crippen LogP) is 6.96. The first kappa shape index (κ1) is 28.9. The maximum atomic E-state index is 16.2. The van der Waals surface area contributed by atoms with Gasteiger partial charge in [0.05, 0.1) is 17.2 Å². The second-order valence-electron chi connectivity index (χ2n) is 9.56. The monoisotopic (exact) mass is 536 g/mol. The highest BCUT2D eigenvalue weighted by Gasteiger charge is 2.43. The third-order valence-corrected chi connectivity index (χ3v) is 7.11. The summed E-state index contributed by atoms with van der Waals surface area (Å²) < 4.78 is 110. The van der Waals surface area contributed by atoms with Crippen molar-refractivity contribution in [1.82, 2.24) is 10.2 Å². The van der Waals surface area contributed by atoms with Gasteiger partial charge in [-0.15, -0.1) is 0 Å². The molecule has 0 saturated carbocycles. The average molecular weight is 537 g/mol. The first-order valence-corrected chi connectivity index (χ1v) is 11.7. The van der Waals surface area contributed by atoms with E-state index in [-0.39, 0.29) is 24.5 Å². The van der Waals surface area contributed by atoms with E-state index in [9.17, 15) is 35.5 Å². The van der Waals surface area contributed by atoms with Crippen molar-refractivity contribution >= 4 is 5.91 Å². The smallest absolute Gasteiger partial charge is 0.339 e. The third kappa shape index (κ3) is 6.61. The number of piperidine rings is 1. The first-order valence-electron chi connectivity index (χ1n) is 11.7. The molecule has 0 aliphatic carbocycles. The molecule has 1 aliphatic heterocycles. The van der Waals surface area contributed by atoms with Gasteiger partial charge in [0, 0.05) is 19.4 Å². The van der Waals surface area contributed by atoms with Crippen LogP contribution in [0.25, 0.3) is 0 Å². The number of aryl methyl sites for hydroxylation is 1. The number of carbonyl (C=O) groups is 1. The Kier molecular flexibility index (Phi) is 8.26. The Bertz CT molecular complexity index is 1090. The summed E-state index contributed by atoms with van der Waals surface area (Å²) in [7, 11) is 1.25. The number of benzene rings is 2. The van der Waals surface area contributed by atoms with Gasteiger partial charge in [-0.05, 0) is 86.8 Å². The molecule has 0 spiro atoms. The fourth-order valence-corrected chi connectivity index (χ4v) is 4.77. The summed E-state index contributed by atoms with van der Waals surface area (Å²) in [6, 6.07) is 3.81. The SMILES string of the molecule is Cc1cc(F)ccc1C(CC(=O)N(C)C(C)c1cc(C(F)(F)F)cc(C(F)(F)F)c1)C1(F)CCNCC1. The van der Waals surface area contributed by atoms with Crippen LogP contribution in [0.4, 0.5) is 35.1 Å². The van der Waals surface area contributed by atoms with Crippen molar-refractivity contribution in [3.8, 4) is 0 Å². The molecule has 3 rings (SSSR count). The Morgan fingerprint density at radius 3 is 2.03 bits per heavy atom. The van der Waals surface area contributed by atoms with Crippen LogP contribution >= 0.6 is 0 Å². The molecule has 1 N–H and O–H groups in total. The Labute approximate surface area is 209 Å². The number of alkyl halides is 7. The van der Waals surface area contributed by atoms with Crippen LogP contribution in [-0.4, -0.2) is 36.6 Å². The number of hydrogen-bond donors (Lipinski definition) is 1. The van der Waals surface area contributed by atoms with E-state index >= 15 is 4.39 Å². The number of amides is 1. The minimum Gasteiger partial charge on any atom is -0.339 e. The van der Waals surface area contributed by atoms with Gasteiger partial charge in [0.1, 0.15) is 11.5 Å². The molecule has 2 aromatic carbocycles. The highest BCUT2D eigenvalue weighted by molar-refractivity contribution is 5.77. The fraction of sp³-hybridized carbons (Fsp3) is 0.500. The lowest BCUT2D eigenvalue weighted by Gasteiger charge is -2.39. The van der Waals surface area contributed by atoms with E-state index in [1.807, 2.05) is 0 Å². The zero-order chi connectivity index (χ0) is 27.8. The number of halogens is 8.